The van der Waals surface area contributed by atoms with Crippen LogP contribution in [0.2, 0.25) is 0 Å². The van der Waals surface area contributed by atoms with Gasteiger partial charge in [-0.15, -0.1) is 11.3 Å². The van der Waals surface area contributed by atoms with E-state index in [4.69, 9.17) is 15.0 Å². The lowest BCUT2D eigenvalue weighted by Gasteiger charge is -2.17. The first-order valence-corrected chi connectivity index (χ1v) is 23.7. The van der Waals surface area contributed by atoms with Gasteiger partial charge in [-0.2, -0.15) is 0 Å². The number of benzene rings is 10. The summed E-state index contributed by atoms with van der Waals surface area (Å²) in [5, 5.41) is 4.91. The normalized spacial score (nSPS) is 11.5. The molecule has 0 aliphatic carbocycles. The molecule has 4 nitrogen and oxygen atoms in total. The van der Waals surface area contributed by atoms with Gasteiger partial charge in [-0.3, -0.25) is 0 Å². The number of fused-ring (bicyclic) bond motifs is 6. The summed E-state index contributed by atoms with van der Waals surface area (Å²) >= 11 is 1.84. The van der Waals surface area contributed by atoms with Crippen molar-refractivity contribution in [2.45, 2.75) is 0 Å². The number of thiophene rings is 1. The molecule has 0 amide bonds. The molecule has 0 aliphatic heterocycles. The number of hydrogen-bond acceptors (Lipinski definition) is 4. The van der Waals surface area contributed by atoms with E-state index in [0.29, 0.717) is 17.5 Å². The molecule has 318 valence electrons. The summed E-state index contributed by atoms with van der Waals surface area (Å²) in [6.07, 6.45) is 0. The van der Waals surface area contributed by atoms with E-state index < -0.39 is 0 Å². The van der Waals surface area contributed by atoms with Crippen LogP contribution in [0.3, 0.4) is 0 Å². The van der Waals surface area contributed by atoms with E-state index >= 15 is 0 Å². The van der Waals surface area contributed by atoms with Gasteiger partial charge in [0.2, 0.25) is 0 Å². The van der Waals surface area contributed by atoms with Crippen molar-refractivity contribution < 1.29 is 0 Å². The first-order valence-electron chi connectivity index (χ1n) is 22.9. The molecule has 3 aromatic heterocycles. The smallest absolute Gasteiger partial charge is 0.164 e. The Hall–Kier alpha value is -8.77. The number of hydrogen-bond donors (Lipinski definition) is 0. The first kappa shape index (κ1) is 39.6. The molecule has 0 fully saturated rings. The van der Waals surface area contributed by atoms with Gasteiger partial charge in [0.1, 0.15) is 0 Å². The fraction of sp³-hybridized carbons (Fsp3) is 0. The Balaban J connectivity index is 1.10. The van der Waals surface area contributed by atoms with Crippen molar-refractivity contribution in [3.63, 3.8) is 0 Å². The van der Waals surface area contributed by atoms with Crippen molar-refractivity contribution >= 4 is 53.3 Å². The van der Waals surface area contributed by atoms with Crippen LogP contribution >= 0.6 is 11.3 Å². The average molecular weight is 885 g/mol. The summed E-state index contributed by atoms with van der Waals surface area (Å²) in [5.41, 5.74) is 15.3. The second-order valence-electron chi connectivity index (χ2n) is 17.1. The molecule has 0 bridgehead atoms. The quantitative estimate of drug-likeness (QED) is 0.153. The van der Waals surface area contributed by atoms with Crippen LogP contribution in [0, 0.1) is 0 Å². The Morgan fingerprint density at radius 1 is 0.279 bits per heavy atom. The highest BCUT2D eigenvalue weighted by Gasteiger charge is 2.22. The summed E-state index contributed by atoms with van der Waals surface area (Å²) in [4.78, 5) is 15.9. The highest BCUT2D eigenvalue weighted by molar-refractivity contribution is 7.26. The lowest BCUT2D eigenvalue weighted by Crippen LogP contribution is -2.01. The van der Waals surface area contributed by atoms with Crippen LogP contribution in [0.15, 0.2) is 243 Å². The van der Waals surface area contributed by atoms with Crippen LogP contribution in [0.25, 0.3) is 126 Å². The van der Waals surface area contributed by atoms with Gasteiger partial charge in [-0.25, -0.2) is 15.0 Å². The van der Waals surface area contributed by atoms with Crippen molar-refractivity contribution in [2.75, 3.05) is 0 Å². The number of aromatic nitrogens is 4. The maximum atomic E-state index is 5.38. The Morgan fingerprint density at radius 2 is 0.838 bits per heavy atom. The molecule has 0 unspecified atom stereocenters. The Labute approximate surface area is 397 Å². The number of rotatable bonds is 8. The van der Waals surface area contributed by atoms with E-state index in [0.717, 1.165) is 61.3 Å². The minimum absolute atomic E-state index is 0.611. The highest BCUT2D eigenvalue weighted by Crippen LogP contribution is 2.47. The summed E-state index contributed by atoms with van der Waals surface area (Å²) in [6.45, 7) is 0. The van der Waals surface area contributed by atoms with Gasteiger partial charge in [0.15, 0.2) is 17.5 Å². The predicted molar refractivity (Wildman–Crippen MR) is 285 cm³/mol. The van der Waals surface area contributed by atoms with Gasteiger partial charge in [-0.05, 0) is 93.0 Å². The molecular formula is C63H40N4S. The number of para-hydroxylation sites is 2. The summed E-state index contributed by atoms with van der Waals surface area (Å²) in [6, 6.07) is 86.5. The molecule has 5 heteroatoms. The van der Waals surface area contributed by atoms with Crippen LogP contribution in [0.5, 0.6) is 0 Å². The largest absolute Gasteiger partial charge is 0.309 e. The van der Waals surface area contributed by atoms with Gasteiger partial charge in [-0.1, -0.05) is 194 Å². The Bertz CT molecular complexity index is 3940. The van der Waals surface area contributed by atoms with Crippen molar-refractivity contribution in [3.8, 4) is 84.4 Å². The van der Waals surface area contributed by atoms with E-state index in [1.165, 1.54) is 47.5 Å². The zero-order valence-electron chi connectivity index (χ0n) is 36.8. The second kappa shape index (κ2) is 16.6. The third-order valence-electron chi connectivity index (χ3n) is 13.1. The van der Waals surface area contributed by atoms with Crippen molar-refractivity contribution in [3.05, 3.63) is 243 Å². The molecule has 0 N–H and O–H groups in total. The Kier molecular flexibility index (Phi) is 9.66. The zero-order valence-corrected chi connectivity index (χ0v) is 37.6. The van der Waals surface area contributed by atoms with Gasteiger partial charge < -0.3 is 4.57 Å². The summed E-state index contributed by atoms with van der Waals surface area (Å²) < 4.78 is 4.86. The molecule has 0 saturated carbocycles. The fourth-order valence-corrected chi connectivity index (χ4v) is 11.0. The van der Waals surface area contributed by atoms with Crippen LogP contribution in [0.4, 0.5) is 0 Å². The molecule has 10 aromatic carbocycles. The molecule has 13 rings (SSSR count). The van der Waals surface area contributed by atoms with E-state index in [1.807, 2.05) is 47.7 Å². The Morgan fingerprint density at radius 3 is 1.53 bits per heavy atom. The molecule has 0 aliphatic rings. The first-order chi connectivity index (χ1) is 33.7. The average Bonchev–Trinajstić information content (AvgIpc) is 3.95. The maximum Gasteiger partial charge on any atom is 0.164 e. The van der Waals surface area contributed by atoms with Gasteiger partial charge >= 0.3 is 0 Å². The lowest BCUT2D eigenvalue weighted by atomic mass is 9.88. The molecule has 0 saturated heterocycles. The minimum atomic E-state index is 0.611. The SMILES string of the molecule is c1ccc(-c2ccc(-c3ccccc3)c(-c3ccc(-c4cccc5sc6cc7c(cc6c45)c4ccccc4n7-c4ccccc4)c(-c4nc(-c5ccccc5)nc(-c5ccccc5)n4)c3)c2)cc1. The molecular weight excluding hydrogens is 845 g/mol. The van der Waals surface area contributed by atoms with Gasteiger partial charge in [0.25, 0.3) is 0 Å². The van der Waals surface area contributed by atoms with E-state index in [-0.39, 0.29) is 0 Å². The third-order valence-corrected chi connectivity index (χ3v) is 14.2. The molecule has 13 aromatic rings. The maximum absolute atomic E-state index is 5.38. The monoisotopic (exact) mass is 884 g/mol. The predicted octanol–water partition coefficient (Wildman–Crippen LogP) is 17.0. The number of nitrogens with zero attached hydrogens (tertiary/aromatic N) is 4. The van der Waals surface area contributed by atoms with Crippen LogP contribution < -0.4 is 0 Å². The van der Waals surface area contributed by atoms with E-state index in [9.17, 15) is 0 Å². The minimum Gasteiger partial charge on any atom is -0.309 e. The third kappa shape index (κ3) is 6.88. The van der Waals surface area contributed by atoms with Gasteiger partial charge in [0.05, 0.1) is 11.0 Å². The van der Waals surface area contributed by atoms with Crippen molar-refractivity contribution in [1.82, 2.24) is 19.5 Å². The van der Waals surface area contributed by atoms with E-state index in [2.05, 4.69) is 211 Å². The molecule has 68 heavy (non-hydrogen) atoms. The summed E-state index contributed by atoms with van der Waals surface area (Å²) in [7, 11) is 0. The zero-order chi connectivity index (χ0) is 45.0. The topological polar surface area (TPSA) is 43.6 Å². The molecule has 0 radical (unpaired) electrons. The summed E-state index contributed by atoms with van der Waals surface area (Å²) in [5.74, 6) is 1.86. The highest BCUT2D eigenvalue weighted by atomic mass is 32.1. The van der Waals surface area contributed by atoms with Gasteiger partial charge in [0, 0.05) is 53.3 Å². The standard InChI is InChI=1S/C63H40N4S/c1-6-19-41(20-7-1)45-33-35-48(42-21-8-2-9-22-42)52(37-45)46-34-36-49(54(38-46)63-65-61(43-23-10-3-11-24-43)64-62(66-63)44-25-12-4-13-26-44)51-30-18-32-58-60(51)55-39-53-50-29-16-17-31-56(50)67(47-27-14-5-15-28-47)57(53)40-59(55)68-58/h1-40H. The fourth-order valence-electron chi connectivity index (χ4n) is 9.89. The molecule has 3 heterocycles. The second-order valence-corrected chi connectivity index (χ2v) is 18.2. The van der Waals surface area contributed by atoms with Crippen molar-refractivity contribution in [2.24, 2.45) is 0 Å². The van der Waals surface area contributed by atoms with Crippen LogP contribution in [-0.2, 0) is 0 Å². The lowest BCUT2D eigenvalue weighted by molar-refractivity contribution is 1.07. The van der Waals surface area contributed by atoms with E-state index in [1.54, 1.807) is 0 Å². The van der Waals surface area contributed by atoms with Crippen LogP contribution in [-0.4, -0.2) is 19.5 Å². The van der Waals surface area contributed by atoms with Crippen LogP contribution in [0.1, 0.15) is 0 Å². The van der Waals surface area contributed by atoms with Crippen molar-refractivity contribution in [1.29, 1.82) is 0 Å². The molecule has 0 spiro atoms. The molecule has 0 atom stereocenters.